The monoisotopic (exact) mass is 417 g/mol. The van der Waals surface area contributed by atoms with Crippen LogP contribution in [-0.2, 0) is 14.4 Å². The van der Waals surface area contributed by atoms with Gasteiger partial charge in [0.2, 0.25) is 11.8 Å². The fourth-order valence-electron chi connectivity index (χ4n) is 3.81. The number of nitrogens with one attached hydrogen (secondary N) is 1. The van der Waals surface area contributed by atoms with Crippen molar-refractivity contribution >= 4 is 35.6 Å². The first kappa shape index (κ1) is 19.2. The van der Waals surface area contributed by atoms with Crippen molar-refractivity contribution in [2.75, 3.05) is 5.73 Å². The minimum Gasteiger partial charge on any atom is -0.480 e. The second-order valence-corrected chi connectivity index (χ2v) is 9.19. The molecule has 0 saturated carbocycles. The van der Waals surface area contributed by atoms with Crippen molar-refractivity contribution < 1.29 is 24.0 Å². The third-order valence-electron chi connectivity index (χ3n) is 5.08. The number of carboxylic acid groups (broad SMARTS) is 1. The highest BCUT2D eigenvalue weighted by atomic mass is 32.2. The maximum absolute atomic E-state index is 13.1. The number of fused-ring (bicyclic) bond motifs is 1. The van der Waals surface area contributed by atoms with Crippen LogP contribution in [0.2, 0.25) is 0 Å². The molecule has 2 aromatic rings. The first-order valence-corrected chi connectivity index (χ1v) is 9.76. The number of hydrogen-bond acceptors (Lipinski definition) is 8. The molecule has 1 aromatic carbocycles. The smallest absolute Gasteiger partial charge is 0.327 e. The molecule has 152 valence electrons. The van der Waals surface area contributed by atoms with Crippen molar-refractivity contribution in [2.45, 2.75) is 42.0 Å². The number of carbonyl (C=O) groups excluding carboxylic acids is 2. The minimum atomic E-state index is -1.06. The Bertz CT molecular complexity index is 978. The van der Waals surface area contributed by atoms with Crippen LogP contribution in [0, 0.1) is 0 Å². The van der Waals surface area contributed by atoms with E-state index in [0.29, 0.717) is 5.56 Å². The molecular weight excluding hydrogens is 398 g/mol. The van der Waals surface area contributed by atoms with Crippen LogP contribution in [0.25, 0.3) is 0 Å². The van der Waals surface area contributed by atoms with E-state index >= 15 is 0 Å². The van der Waals surface area contributed by atoms with Gasteiger partial charge in [-0.15, -0.1) is 11.8 Å². The van der Waals surface area contributed by atoms with Gasteiger partial charge in [0.15, 0.2) is 5.82 Å². The number of nitrogen functional groups attached to an aromatic ring is 1. The molecule has 4 atom stereocenters. The van der Waals surface area contributed by atoms with Gasteiger partial charge in [-0.1, -0.05) is 35.5 Å². The fraction of sp³-hybridized carbons (Fsp3) is 0.389. The number of aromatic nitrogens is 2. The molecule has 4 rings (SSSR count). The maximum Gasteiger partial charge on any atom is 0.327 e. The van der Waals surface area contributed by atoms with E-state index in [1.54, 1.807) is 44.2 Å². The third-order valence-corrected chi connectivity index (χ3v) is 6.65. The third kappa shape index (κ3) is 3.11. The highest BCUT2D eigenvalue weighted by Crippen LogP contribution is 2.50. The highest BCUT2D eigenvalue weighted by Gasteiger charge is 2.64. The molecule has 0 spiro atoms. The summed E-state index contributed by atoms with van der Waals surface area (Å²) in [6, 6.07) is 6.87. The molecule has 11 heteroatoms. The van der Waals surface area contributed by atoms with Crippen LogP contribution < -0.4 is 11.1 Å². The van der Waals surface area contributed by atoms with E-state index in [0.717, 1.165) is 0 Å². The Morgan fingerprint density at radius 3 is 2.62 bits per heavy atom. The van der Waals surface area contributed by atoms with Crippen molar-refractivity contribution in [1.29, 1.82) is 0 Å². The molecule has 10 nitrogen and oxygen atoms in total. The van der Waals surface area contributed by atoms with Crippen LogP contribution in [0.15, 0.2) is 34.9 Å². The number of benzene rings is 1. The second kappa shape index (κ2) is 6.76. The zero-order chi connectivity index (χ0) is 20.9. The van der Waals surface area contributed by atoms with Gasteiger partial charge < -0.3 is 25.6 Å². The number of thioether (sulfide) groups is 1. The first-order chi connectivity index (χ1) is 13.7. The van der Waals surface area contributed by atoms with Crippen molar-refractivity contribution in [3.05, 3.63) is 41.7 Å². The molecule has 2 amide bonds. The van der Waals surface area contributed by atoms with Crippen LogP contribution in [-0.4, -0.2) is 60.1 Å². The summed E-state index contributed by atoms with van der Waals surface area (Å²) >= 11 is 1.36. The molecule has 0 bridgehead atoms. The van der Waals surface area contributed by atoms with E-state index in [1.165, 1.54) is 16.7 Å². The molecule has 2 fully saturated rings. The number of rotatable bonds is 5. The molecule has 4 N–H and O–H groups in total. The Balaban J connectivity index is 1.58. The van der Waals surface area contributed by atoms with Gasteiger partial charge in [-0.05, 0) is 19.4 Å². The van der Waals surface area contributed by atoms with Gasteiger partial charge in [-0.3, -0.25) is 9.59 Å². The average Bonchev–Trinajstić information content (AvgIpc) is 3.19. The summed E-state index contributed by atoms with van der Waals surface area (Å²) < 4.78 is 4.14. The number of aliphatic carboxylic acids is 1. The Kier molecular flexibility index (Phi) is 4.49. The highest BCUT2D eigenvalue weighted by molar-refractivity contribution is 8.01. The fourth-order valence-corrected chi connectivity index (χ4v) is 5.44. The summed E-state index contributed by atoms with van der Waals surface area (Å²) in [7, 11) is 0. The molecule has 3 unspecified atom stereocenters. The Hall–Kier alpha value is -3.08. The Morgan fingerprint density at radius 1 is 1.34 bits per heavy atom. The van der Waals surface area contributed by atoms with Crippen molar-refractivity contribution in [3.8, 4) is 0 Å². The van der Waals surface area contributed by atoms with E-state index in [2.05, 4.69) is 15.5 Å². The molecular formula is C18H19N5O5S. The van der Waals surface area contributed by atoms with E-state index in [9.17, 15) is 19.5 Å². The Labute approximate surface area is 169 Å². The lowest BCUT2D eigenvalue weighted by Crippen LogP contribution is -2.70. The number of β-lactam (4-membered cyclic amide) rings is 1. The number of nitrogens with two attached hydrogens (primary N) is 1. The lowest BCUT2D eigenvalue weighted by molar-refractivity contribution is -0.161. The maximum atomic E-state index is 13.1. The summed E-state index contributed by atoms with van der Waals surface area (Å²) in [5.74, 6) is -2.82. The molecule has 1 aromatic heterocycles. The van der Waals surface area contributed by atoms with Crippen LogP contribution in [0.5, 0.6) is 0 Å². The number of nitrogens with zero attached hydrogens (tertiary/aromatic N) is 3. The normalized spacial score (nSPS) is 25.8. The number of carbonyl (C=O) groups is 3. The van der Waals surface area contributed by atoms with Crippen LogP contribution in [0.1, 0.15) is 31.2 Å². The molecule has 3 heterocycles. The average molecular weight is 417 g/mol. The van der Waals surface area contributed by atoms with Gasteiger partial charge in [0.1, 0.15) is 23.4 Å². The number of carboxylic acids is 1. The molecule has 2 aliphatic rings. The summed E-state index contributed by atoms with van der Waals surface area (Å²) in [5.41, 5.74) is 6.12. The van der Waals surface area contributed by atoms with Gasteiger partial charge in [0, 0.05) is 4.75 Å². The minimum absolute atomic E-state index is 0.0812. The van der Waals surface area contributed by atoms with Crippen LogP contribution in [0.4, 0.5) is 6.01 Å². The van der Waals surface area contributed by atoms with Crippen LogP contribution in [0.3, 0.4) is 0 Å². The molecule has 2 aliphatic heterocycles. The van der Waals surface area contributed by atoms with Crippen LogP contribution >= 0.6 is 11.8 Å². The molecule has 2 saturated heterocycles. The summed E-state index contributed by atoms with van der Waals surface area (Å²) in [6.45, 7) is 3.55. The van der Waals surface area contributed by atoms with E-state index < -0.39 is 45.9 Å². The SMILES string of the molecule is CC1(C)SC2[C@@H](NC(=O)C(c3ccccc3)c3noc(N)n3)C(=O)N2C1C(=O)O. The zero-order valence-electron chi connectivity index (χ0n) is 15.6. The first-order valence-electron chi connectivity index (χ1n) is 8.88. The number of amides is 2. The number of hydrogen-bond donors (Lipinski definition) is 3. The van der Waals surface area contributed by atoms with Gasteiger partial charge >= 0.3 is 12.0 Å². The lowest BCUT2D eigenvalue weighted by Gasteiger charge is -2.43. The predicted molar refractivity (Wildman–Crippen MR) is 103 cm³/mol. The standard InChI is InChI=1S/C18H19N5O5S/c1-18(2)11(16(26)27)23-14(25)10(15(23)29-18)20-13(24)9(8-6-4-3-5-7-8)12-21-17(19)28-22-12/h3-7,9-11,15H,1-2H3,(H,20,24)(H,26,27)(H2,19,21,22)/t9?,10-,11?,15?/m0/s1. The van der Waals surface area contributed by atoms with E-state index in [-0.39, 0.29) is 11.8 Å². The predicted octanol–water partition coefficient (Wildman–Crippen LogP) is 0.415. The Morgan fingerprint density at radius 2 is 2.03 bits per heavy atom. The zero-order valence-corrected chi connectivity index (χ0v) is 16.4. The molecule has 29 heavy (non-hydrogen) atoms. The molecule has 0 aliphatic carbocycles. The summed E-state index contributed by atoms with van der Waals surface area (Å²) in [6.07, 6.45) is 0. The van der Waals surface area contributed by atoms with Gasteiger partial charge in [-0.25, -0.2) is 4.79 Å². The summed E-state index contributed by atoms with van der Waals surface area (Å²) in [5, 5.41) is 15.6. The van der Waals surface area contributed by atoms with Crippen molar-refractivity contribution in [1.82, 2.24) is 20.4 Å². The van der Waals surface area contributed by atoms with Gasteiger partial charge in [-0.2, -0.15) is 4.98 Å². The topological polar surface area (TPSA) is 152 Å². The van der Waals surface area contributed by atoms with Crippen molar-refractivity contribution in [2.24, 2.45) is 0 Å². The van der Waals surface area contributed by atoms with Gasteiger partial charge in [0.25, 0.3) is 0 Å². The quantitative estimate of drug-likeness (QED) is 0.588. The van der Waals surface area contributed by atoms with E-state index in [4.69, 9.17) is 10.3 Å². The lowest BCUT2D eigenvalue weighted by atomic mass is 9.94. The summed E-state index contributed by atoms with van der Waals surface area (Å²) in [4.78, 5) is 42.7. The van der Waals surface area contributed by atoms with E-state index in [1.807, 2.05) is 0 Å². The molecule has 0 radical (unpaired) electrons. The van der Waals surface area contributed by atoms with Crippen molar-refractivity contribution in [3.63, 3.8) is 0 Å². The number of anilines is 1. The van der Waals surface area contributed by atoms with Gasteiger partial charge in [0.05, 0.1) is 0 Å². The largest absolute Gasteiger partial charge is 0.480 e. The second-order valence-electron chi connectivity index (χ2n) is 7.42.